The molecule has 0 heterocycles. The quantitative estimate of drug-likeness (QED) is 0.356. The van der Waals surface area contributed by atoms with Gasteiger partial charge in [0.25, 0.3) is 0 Å². The van der Waals surface area contributed by atoms with Crippen LogP contribution in [0.5, 0.6) is 11.5 Å². The first-order valence-corrected chi connectivity index (χ1v) is 8.59. The Morgan fingerprint density at radius 2 is 0.846 bits per heavy atom. The second-order valence-corrected chi connectivity index (χ2v) is 6.49. The zero-order valence-corrected chi connectivity index (χ0v) is 14.0. The normalized spacial score (nSPS) is 11.4. The molecule has 5 rings (SSSR count). The Balaban J connectivity index is 2.09. The average molecular weight is 336 g/mol. The van der Waals surface area contributed by atoms with Gasteiger partial charge in [0.1, 0.15) is 11.5 Å². The maximum absolute atomic E-state index is 10.4. The maximum atomic E-state index is 10.4. The van der Waals surface area contributed by atoms with Gasteiger partial charge in [-0.15, -0.1) is 0 Å². The molecule has 0 spiro atoms. The minimum Gasteiger partial charge on any atom is -0.507 e. The molecule has 0 aliphatic carbocycles. The Morgan fingerprint density at radius 1 is 0.423 bits per heavy atom. The molecule has 0 fully saturated rings. The van der Waals surface area contributed by atoms with E-state index in [1.165, 1.54) is 5.39 Å². The predicted molar refractivity (Wildman–Crippen MR) is 108 cm³/mol. The lowest BCUT2D eigenvalue weighted by atomic mass is 9.89. The first-order chi connectivity index (χ1) is 12.8. The molecule has 2 N–H and O–H groups in total. The lowest BCUT2D eigenvalue weighted by Crippen LogP contribution is -1.88. The van der Waals surface area contributed by atoms with Crippen molar-refractivity contribution in [2.45, 2.75) is 0 Å². The molecule has 0 aliphatic rings. The van der Waals surface area contributed by atoms with Gasteiger partial charge >= 0.3 is 0 Å². The Morgan fingerprint density at radius 3 is 1.42 bits per heavy atom. The average Bonchev–Trinajstić information content (AvgIpc) is 2.68. The number of hydrogen-bond donors (Lipinski definition) is 2. The molecule has 0 radical (unpaired) electrons. The third kappa shape index (κ3) is 1.99. The van der Waals surface area contributed by atoms with Gasteiger partial charge in [0.15, 0.2) is 0 Å². The molecule has 0 bridgehead atoms. The summed E-state index contributed by atoms with van der Waals surface area (Å²) >= 11 is 0. The Kier molecular flexibility index (Phi) is 3.13. The number of aromatic hydroxyl groups is 2. The van der Waals surface area contributed by atoms with Gasteiger partial charge in [0.2, 0.25) is 0 Å². The van der Waals surface area contributed by atoms with E-state index in [4.69, 9.17) is 0 Å². The number of benzene rings is 5. The maximum Gasteiger partial charge on any atom is 0.127 e. The van der Waals surface area contributed by atoms with Crippen molar-refractivity contribution in [3.63, 3.8) is 0 Å². The highest BCUT2D eigenvalue weighted by molar-refractivity contribution is 6.28. The molecular formula is C24H16O2. The Labute approximate surface area is 150 Å². The topological polar surface area (TPSA) is 40.5 Å². The van der Waals surface area contributed by atoms with Gasteiger partial charge in [-0.05, 0) is 50.0 Å². The second kappa shape index (κ2) is 5.50. The van der Waals surface area contributed by atoms with Crippen LogP contribution in [0.25, 0.3) is 43.4 Å². The van der Waals surface area contributed by atoms with E-state index in [9.17, 15) is 10.2 Å². The minimum atomic E-state index is 0.0785. The van der Waals surface area contributed by atoms with Gasteiger partial charge < -0.3 is 10.2 Å². The molecule has 0 aliphatic heterocycles. The van der Waals surface area contributed by atoms with Crippen LogP contribution in [-0.4, -0.2) is 10.2 Å². The van der Waals surface area contributed by atoms with Crippen molar-refractivity contribution in [1.29, 1.82) is 0 Å². The number of hydrogen-bond acceptors (Lipinski definition) is 2. The van der Waals surface area contributed by atoms with Gasteiger partial charge in [0.05, 0.1) is 5.56 Å². The zero-order chi connectivity index (χ0) is 17.7. The number of phenolic OH excluding ortho intramolecular Hbond substituents is 2. The van der Waals surface area contributed by atoms with Gasteiger partial charge in [-0.1, -0.05) is 72.8 Å². The van der Waals surface area contributed by atoms with Crippen LogP contribution >= 0.6 is 0 Å². The molecule has 26 heavy (non-hydrogen) atoms. The summed E-state index contributed by atoms with van der Waals surface area (Å²) < 4.78 is 0. The summed E-state index contributed by atoms with van der Waals surface area (Å²) in [4.78, 5) is 0. The van der Waals surface area contributed by atoms with Crippen LogP contribution in [0.3, 0.4) is 0 Å². The van der Waals surface area contributed by atoms with Crippen LogP contribution in [0, 0.1) is 0 Å². The molecule has 0 saturated heterocycles. The van der Waals surface area contributed by atoms with E-state index in [1.807, 2.05) is 30.3 Å². The van der Waals surface area contributed by atoms with Crippen molar-refractivity contribution >= 4 is 32.3 Å². The van der Waals surface area contributed by atoms with Crippen molar-refractivity contribution in [2.75, 3.05) is 0 Å². The fraction of sp³-hybridized carbons (Fsp3) is 0. The number of rotatable bonds is 1. The monoisotopic (exact) mass is 336 g/mol. The molecular weight excluding hydrogens is 320 g/mol. The predicted octanol–water partition coefficient (Wildman–Crippen LogP) is 6.22. The lowest BCUT2D eigenvalue weighted by molar-refractivity contribution is 0.454. The van der Waals surface area contributed by atoms with Crippen molar-refractivity contribution in [1.82, 2.24) is 0 Å². The van der Waals surface area contributed by atoms with Gasteiger partial charge in [-0.2, -0.15) is 0 Å². The van der Waals surface area contributed by atoms with Gasteiger partial charge in [-0.3, -0.25) is 0 Å². The Bertz CT molecular complexity index is 1240. The van der Waals surface area contributed by atoms with E-state index >= 15 is 0 Å². The highest BCUT2D eigenvalue weighted by Crippen LogP contribution is 2.44. The third-order valence-corrected chi connectivity index (χ3v) is 5.06. The van der Waals surface area contributed by atoms with E-state index in [2.05, 4.69) is 36.4 Å². The second-order valence-electron chi connectivity index (χ2n) is 6.49. The van der Waals surface area contributed by atoms with E-state index in [1.54, 1.807) is 18.2 Å². The molecule has 5 aromatic carbocycles. The van der Waals surface area contributed by atoms with Crippen LogP contribution < -0.4 is 0 Å². The van der Waals surface area contributed by atoms with E-state index in [0.29, 0.717) is 5.56 Å². The third-order valence-electron chi connectivity index (χ3n) is 5.06. The molecule has 124 valence electrons. The first-order valence-electron chi connectivity index (χ1n) is 8.59. The molecule has 0 unspecified atom stereocenters. The summed E-state index contributed by atoms with van der Waals surface area (Å²) in [6, 6.07) is 27.6. The van der Waals surface area contributed by atoms with Crippen LogP contribution in [0.1, 0.15) is 0 Å². The minimum absolute atomic E-state index is 0.0785. The molecule has 2 nitrogen and oxygen atoms in total. The van der Waals surface area contributed by atoms with Crippen LogP contribution in [0.15, 0.2) is 84.9 Å². The summed E-state index contributed by atoms with van der Waals surface area (Å²) in [7, 11) is 0. The molecule has 0 saturated carbocycles. The summed E-state index contributed by atoms with van der Waals surface area (Å²) in [5.74, 6) is 0.157. The molecule has 5 aromatic rings. The standard InChI is InChI=1S/C24H16O2/c25-21-13-6-14-22(26)24(21)20-12-5-11-19-17-8-2-1-7-15(17)16-9-3-4-10-18(16)23(19)20/h1-14,25-26H. The van der Waals surface area contributed by atoms with E-state index in [-0.39, 0.29) is 11.5 Å². The number of fused-ring (bicyclic) bond motifs is 6. The van der Waals surface area contributed by atoms with Crippen LogP contribution in [0.4, 0.5) is 0 Å². The molecule has 0 amide bonds. The SMILES string of the molecule is Oc1cccc(O)c1-c1cccc2c3ccccc3c3ccccc3c12. The fourth-order valence-electron chi connectivity index (χ4n) is 3.97. The van der Waals surface area contributed by atoms with Crippen molar-refractivity contribution in [3.05, 3.63) is 84.9 Å². The highest BCUT2D eigenvalue weighted by Gasteiger charge is 2.16. The zero-order valence-electron chi connectivity index (χ0n) is 14.0. The van der Waals surface area contributed by atoms with Crippen LogP contribution in [0.2, 0.25) is 0 Å². The highest BCUT2D eigenvalue weighted by atomic mass is 16.3. The van der Waals surface area contributed by atoms with E-state index < -0.39 is 0 Å². The van der Waals surface area contributed by atoms with Crippen molar-refractivity contribution < 1.29 is 10.2 Å². The van der Waals surface area contributed by atoms with Crippen molar-refractivity contribution in [3.8, 4) is 22.6 Å². The van der Waals surface area contributed by atoms with E-state index in [0.717, 1.165) is 32.5 Å². The fourth-order valence-corrected chi connectivity index (χ4v) is 3.97. The smallest absolute Gasteiger partial charge is 0.127 e. The summed E-state index contributed by atoms with van der Waals surface area (Å²) in [6.45, 7) is 0. The van der Waals surface area contributed by atoms with Crippen LogP contribution in [-0.2, 0) is 0 Å². The van der Waals surface area contributed by atoms with Crippen molar-refractivity contribution in [2.24, 2.45) is 0 Å². The summed E-state index contributed by atoms with van der Waals surface area (Å²) in [5, 5.41) is 27.7. The largest absolute Gasteiger partial charge is 0.507 e. The summed E-state index contributed by atoms with van der Waals surface area (Å²) in [6.07, 6.45) is 0. The van der Waals surface area contributed by atoms with Gasteiger partial charge in [0, 0.05) is 0 Å². The lowest BCUT2D eigenvalue weighted by Gasteiger charge is -2.15. The Hall–Kier alpha value is -3.52. The molecule has 0 aromatic heterocycles. The number of phenols is 2. The first kappa shape index (κ1) is 14.8. The van der Waals surface area contributed by atoms with Gasteiger partial charge in [-0.25, -0.2) is 0 Å². The molecule has 2 heteroatoms. The summed E-state index contributed by atoms with van der Waals surface area (Å²) in [5.41, 5.74) is 1.30. The molecule has 0 atom stereocenters.